The van der Waals surface area contributed by atoms with Crippen LogP contribution >= 0.6 is 11.6 Å². The Morgan fingerprint density at radius 1 is 1.21 bits per heavy atom. The number of fused-ring (bicyclic) bond motifs is 1. The highest BCUT2D eigenvalue weighted by molar-refractivity contribution is 6.31. The van der Waals surface area contributed by atoms with Crippen molar-refractivity contribution in [3.05, 3.63) is 52.5 Å². The molecule has 0 radical (unpaired) electrons. The van der Waals surface area contributed by atoms with Gasteiger partial charge in [0.2, 0.25) is 12.7 Å². The van der Waals surface area contributed by atoms with E-state index in [4.69, 9.17) is 21.1 Å². The molecule has 0 unspecified atom stereocenters. The van der Waals surface area contributed by atoms with E-state index in [0.29, 0.717) is 17.3 Å². The van der Waals surface area contributed by atoms with Crippen molar-refractivity contribution in [2.24, 2.45) is 0 Å². The van der Waals surface area contributed by atoms with Crippen molar-refractivity contribution in [1.82, 2.24) is 4.90 Å². The van der Waals surface area contributed by atoms with Crippen LogP contribution in [0.25, 0.3) is 0 Å². The maximum atomic E-state index is 12.2. The SMILES string of the molecule is Cc1ccc(NC(=O)CN(C)Cc2ccc3c(c2)OCO3)cc1Cl. The lowest BCUT2D eigenvalue weighted by atomic mass is 10.2. The smallest absolute Gasteiger partial charge is 0.238 e. The third-order valence-electron chi connectivity index (χ3n) is 3.76. The van der Waals surface area contributed by atoms with Crippen LogP contribution in [0.3, 0.4) is 0 Å². The first-order valence-corrected chi connectivity index (χ1v) is 8.02. The number of likely N-dealkylation sites (N-methyl/N-ethyl adjacent to an activating group) is 1. The fourth-order valence-corrected chi connectivity index (χ4v) is 2.70. The minimum atomic E-state index is -0.0850. The van der Waals surface area contributed by atoms with E-state index in [1.165, 1.54) is 0 Å². The number of ether oxygens (including phenoxy) is 2. The Hall–Kier alpha value is -2.24. The molecular formula is C18H19ClN2O3. The van der Waals surface area contributed by atoms with Crippen molar-refractivity contribution in [1.29, 1.82) is 0 Å². The topological polar surface area (TPSA) is 50.8 Å². The zero-order valence-electron chi connectivity index (χ0n) is 13.6. The highest BCUT2D eigenvalue weighted by Gasteiger charge is 2.14. The molecule has 2 aromatic rings. The first kappa shape index (κ1) is 16.6. The van der Waals surface area contributed by atoms with E-state index in [9.17, 15) is 4.79 Å². The molecule has 126 valence electrons. The number of nitrogens with one attached hydrogen (secondary N) is 1. The van der Waals surface area contributed by atoms with Crippen molar-refractivity contribution in [3.63, 3.8) is 0 Å². The summed E-state index contributed by atoms with van der Waals surface area (Å²) < 4.78 is 10.7. The minimum Gasteiger partial charge on any atom is -0.454 e. The Balaban J connectivity index is 1.55. The van der Waals surface area contributed by atoms with Gasteiger partial charge in [0.1, 0.15) is 0 Å². The summed E-state index contributed by atoms with van der Waals surface area (Å²) in [4.78, 5) is 14.1. The first-order valence-electron chi connectivity index (χ1n) is 7.64. The van der Waals surface area contributed by atoms with Crippen LogP contribution in [0.4, 0.5) is 5.69 Å². The van der Waals surface area contributed by atoms with Crippen molar-refractivity contribution >= 4 is 23.2 Å². The molecule has 0 aliphatic carbocycles. The van der Waals surface area contributed by atoms with Crippen molar-refractivity contribution in [3.8, 4) is 11.5 Å². The number of carbonyl (C=O) groups excluding carboxylic acids is 1. The molecule has 5 nitrogen and oxygen atoms in total. The summed E-state index contributed by atoms with van der Waals surface area (Å²) in [6.07, 6.45) is 0. The van der Waals surface area contributed by atoms with Gasteiger partial charge in [-0.05, 0) is 49.4 Å². The molecule has 0 spiro atoms. The molecule has 0 bridgehead atoms. The molecule has 1 aliphatic rings. The number of nitrogens with zero attached hydrogens (tertiary/aromatic N) is 1. The fraction of sp³-hybridized carbons (Fsp3) is 0.278. The van der Waals surface area contributed by atoms with Crippen LogP contribution in [0.5, 0.6) is 11.5 Å². The lowest BCUT2D eigenvalue weighted by Gasteiger charge is -2.17. The molecule has 0 saturated carbocycles. The van der Waals surface area contributed by atoms with E-state index in [1.807, 2.05) is 49.2 Å². The quantitative estimate of drug-likeness (QED) is 0.901. The van der Waals surface area contributed by atoms with E-state index in [-0.39, 0.29) is 19.2 Å². The van der Waals surface area contributed by atoms with E-state index in [2.05, 4.69) is 5.32 Å². The van der Waals surface area contributed by atoms with Gasteiger partial charge in [0.25, 0.3) is 0 Å². The van der Waals surface area contributed by atoms with E-state index < -0.39 is 0 Å². The lowest BCUT2D eigenvalue weighted by molar-refractivity contribution is -0.117. The Labute approximate surface area is 146 Å². The van der Waals surface area contributed by atoms with E-state index in [0.717, 1.165) is 22.6 Å². The van der Waals surface area contributed by atoms with Crippen molar-refractivity contribution in [2.75, 3.05) is 25.7 Å². The zero-order chi connectivity index (χ0) is 17.1. The predicted molar refractivity (Wildman–Crippen MR) is 93.7 cm³/mol. The normalized spacial score (nSPS) is 12.5. The van der Waals surface area contributed by atoms with Gasteiger partial charge in [0.15, 0.2) is 11.5 Å². The number of carbonyl (C=O) groups is 1. The van der Waals surface area contributed by atoms with Crippen LogP contribution in [-0.2, 0) is 11.3 Å². The monoisotopic (exact) mass is 346 g/mol. The Bertz CT molecular complexity index is 764. The van der Waals surface area contributed by atoms with Crippen molar-refractivity contribution < 1.29 is 14.3 Å². The third kappa shape index (κ3) is 3.99. The second-order valence-electron chi connectivity index (χ2n) is 5.87. The van der Waals surface area contributed by atoms with Gasteiger partial charge in [-0.25, -0.2) is 0 Å². The Morgan fingerprint density at radius 2 is 2.00 bits per heavy atom. The van der Waals surface area contributed by atoms with Gasteiger partial charge < -0.3 is 14.8 Å². The number of aryl methyl sites for hydroxylation is 1. The Morgan fingerprint density at radius 3 is 2.79 bits per heavy atom. The second-order valence-corrected chi connectivity index (χ2v) is 6.28. The van der Waals surface area contributed by atoms with E-state index in [1.54, 1.807) is 6.07 Å². The summed E-state index contributed by atoms with van der Waals surface area (Å²) in [7, 11) is 1.90. The van der Waals surface area contributed by atoms with Crippen LogP contribution in [0.2, 0.25) is 5.02 Å². The average Bonchev–Trinajstić information content (AvgIpc) is 2.98. The van der Waals surface area contributed by atoms with Crippen LogP contribution < -0.4 is 14.8 Å². The summed E-state index contributed by atoms with van der Waals surface area (Å²) in [5.74, 6) is 1.42. The fourth-order valence-electron chi connectivity index (χ4n) is 2.52. The number of amides is 1. The molecule has 24 heavy (non-hydrogen) atoms. The molecule has 1 aliphatic heterocycles. The van der Waals surface area contributed by atoms with Crippen LogP contribution in [0, 0.1) is 6.92 Å². The third-order valence-corrected chi connectivity index (χ3v) is 4.17. The summed E-state index contributed by atoms with van der Waals surface area (Å²) >= 11 is 6.07. The standard InChI is InChI=1S/C18H19ClN2O3/c1-12-3-5-14(8-15(12)19)20-18(22)10-21(2)9-13-4-6-16-17(7-13)24-11-23-16/h3-8H,9-11H2,1-2H3,(H,20,22). The average molecular weight is 347 g/mol. The molecule has 0 aromatic heterocycles. The molecule has 3 rings (SSSR count). The van der Waals surface area contributed by atoms with Gasteiger partial charge in [-0.2, -0.15) is 0 Å². The molecule has 0 saturated heterocycles. The second kappa shape index (κ2) is 7.11. The number of anilines is 1. The predicted octanol–water partition coefficient (Wildman–Crippen LogP) is 3.45. The maximum absolute atomic E-state index is 12.2. The van der Waals surface area contributed by atoms with Crippen LogP contribution in [0.1, 0.15) is 11.1 Å². The number of halogens is 1. The van der Waals surface area contributed by atoms with Crippen LogP contribution in [-0.4, -0.2) is 31.2 Å². The zero-order valence-corrected chi connectivity index (χ0v) is 14.4. The number of hydrogen-bond acceptors (Lipinski definition) is 4. The van der Waals surface area contributed by atoms with Gasteiger partial charge in [0.05, 0.1) is 6.54 Å². The number of rotatable bonds is 5. The molecular weight excluding hydrogens is 328 g/mol. The highest BCUT2D eigenvalue weighted by Crippen LogP contribution is 2.32. The summed E-state index contributed by atoms with van der Waals surface area (Å²) in [6, 6.07) is 11.3. The number of hydrogen-bond donors (Lipinski definition) is 1. The summed E-state index contributed by atoms with van der Waals surface area (Å²) in [5, 5.41) is 3.50. The largest absolute Gasteiger partial charge is 0.454 e. The summed E-state index contributed by atoms with van der Waals surface area (Å²) in [6.45, 7) is 3.10. The molecule has 1 amide bonds. The lowest BCUT2D eigenvalue weighted by Crippen LogP contribution is -2.29. The van der Waals surface area contributed by atoms with Gasteiger partial charge in [0, 0.05) is 17.3 Å². The van der Waals surface area contributed by atoms with Gasteiger partial charge in [-0.3, -0.25) is 9.69 Å². The molecule has 6 heteroatoms. The molecule has 0 atom stereocenters. The molecule has 1 N–H and O–H groups in total. The first-order chi connectivity index (χ1) is 11.5. The number of benzene rings is 2. The van der Waals surface area contributed by atoms with Gasteiger partial charge >= 0.3 is 0 Å². The van der Waals surface area contributed by atoms with Gasteiger partial charge in [-0.1, -0.05) is 23.7 Å². The summed E-state index contributed by atoms with van der Waals surface area (Å²) in [5.41, 5.74) is 2.75. The van der Waals surface area contributed by atoms with Crippen LogP contribution in [0.15, 0.2) is 36.4 Å². The highest BCUT2D eigenvalue weighted by atomic mass is 35.5. The van der Waals surface area contributed by atoms with Crippen molar-refractivity contribution in [2.45, 2.75) is 13.5 Å². The van der Waals surface area contributed by atoms with Gasteiger partial charge in [-0.15, -0.1) is 0 Å². The minimum absolute atomic E-state index is 0.0850. The van der Waals surface area contributed by atoms with E-state index >= 15 is 0 Å². The Kier molecular flexibility index (Phi) is 4.92. The molecule has 0 fully saturated rings. The maximum Gasteiger partial charge on any atom is 0.238 e. The molecule has 1 heterocycles. The molecule has 2 aromatic carbocycles.